The molecule has 0 aromatic carbocycles. The van der Waals surface area contributed by atoms with Gasteiger partial charge < -0.3 is 16.0 Å². The van der Waals surface area contributed by atoms with Gasteiger partial charge in [-0.2, -0.15) is 0 Å². The van der Waals surface area contributed by atoms with E-state index >= 15 is 0 Å². The Kier molecular flexibility index (Phi) is 8.06. The van der Waals surface area contributed by atoms with Crippen molar-refractivity contribution in [2.45, 2.75) is 37.6 Å². The van der Waals surface area contributed by atoms with Gasteiger partial charge in [0.15, 0.2) is 4.34 Å². The number of thioether (sulfide) groups is 1. The van der Waals surface area contributed by atoms with Gasteiger partial charge in [-0.15, -0.1) is 10.2 Å². The Hall–Kier alpha value is -1.35. The number of rotatable bonds is 9. The van der Waals surface area contributed by atoms with Crippen LogP contribution in [-0.2, 0) is 9.59 Å². The molecule has 0 saturated heterocycles. The Morgan fingerprint density at radius 1 is 1.29 bits per heavy atom. The molecule has 3 N–H and O–H groups in total. The van der Waals surface area contributed by atoms with Crippen LogP contribution >= 0.6 is 23.1 Å². The molecule has 0 atom stereocenters. The molecule has 0 spiro atoms. The average molecular weight is 331 g/mol. The summed E-state index contributed by atoms with van der Waals surface area (Å²) >= 11 is 2.73. The van der Waals surface area contributed by atoms with E-state index in [0.717, 1.165) is 22.4 Å². The second-order valence-corrected chi connectivity index (χ2v) is 6.79. The van der Waals surface area contributed by atoms with Gasteiger partial charge in [0.05, 0.1) is 12.3 Å². The molecule has 0 aliphatic heterocycles. The summed E-state index contributed by atoms with van der Waals surface area (Å²) < 4.78 is 0.732. The fourth-order valence-corrected chi connectivity index (χ4v) is 2.91. The summed E-state index contributed by atoms with van der Waals surface area (Å²) in [6, 6.07) is 0.0687. The van der Waals surface area contributed by atoms with Crippen LogP contribution in [0.1, 0.15) is 27.2 Å². The molecule has 0 bridgehead atoms. The van der Waals surface area contributed by atoms with Crippen LogP contribution in [0.15, 0.2) is 4.34 Å². The number of carbonyl (C=O) groups excluding carboxylic acids is 2. The second kappa shape index (κ2) is 9.56. The van der Waals surface area contributed by atoms with Crippen molar-refractivity contribution in [3.8, 4) is 0 Å². The van der Waals surface area contributed by atoms with Crippen LogP contribution in [0.4, 0.5) is 5.13 Å². The zero-order valence-electron chi connectivity index (χ0n) is 12.4. The number of hydrogen-bond donors (Lipinski definition) is 3. The SMILES string of the molecule is CCCNc1nnc(SCC(=O)NCC(=O)NC(C)C)s1. The molecule has 118 valence electrons. The van der Waals surface area contributed by atoms with Crippen LogP contribution in [0.2, 0.25) is 0 Å². The number of carbonyl (C=O) groups is 2. The first kappa shape index (κ1) is 17.7. The van der Waals surface area contributed by atoms with Gasteiger partial charge in [-0.05, 0) is 20.3 Å². The van der Waals surface area contributed by atoms with E-state index < -0.39 is 0 Å². The van der Waals surface area contributed by atoms with Gasteiger partial charge >= 0.3 is 0 Å². The highest BCUT2D eigenvalue weighted by atomic mass is 32.2. The molecule has 9 heteroatoms. The van der Waals surface area contributed by atoms with E-state index in [9.17, 15) is 9.59 Å². The van der Waals surface area contributed by atoms with Crippen LogP contribution in [-0.4, -0.2) is 46.9 Å². The van der Waals surface area contributed by atoms with Gasteiger partial charge in [0.25, 0.3) is 0 Å². The van der Waals surface area contributed by atoms with E-state index in [1.807, 2.05) is 13.8 Å². The first-order valence-corrected chi connectivity index (χ1v) is 8.57. The maximum Gasteiger partial charge on any atom is 0.239 e. The highest BCUT2D eigenvalue weighted by Crippen LogP contribution is 2.24. The van der Waals surface area contributed by atoms with E-state index in [2.05, 4.69) is 33.1 Å². The van der Waals surface area contributed by atoms with Crippen LogP contribution in [0.3, 0.4) is 0 Å². The van der Waals surface area contributed by atoms with E-state index in [1.165, 1.54) is 23.1 Å². The highest BCUT2D eigenvalue weighted by Gasteiger charge is 2.09. The summed E-state index contributed by atoms with van der Waals surface area (Å²) in [4.78, 5) is 23.0. The van der Waals surface area contributed by atoms with Crippen LogP contribution in [0.5, 0.6) is 0 Å². The third-order valence-electron chi connectivity index (χ3n) is 2.16. The van der Waals surface area contributed by atoms with Crippen LogP contribution in [0.25, 0.3) is 0 Å². The monoisotopic (exact) mass is 331 g/mol. The normalized spacial score (nSPS) is 10.5. The Morgan fingerprint density at radius 2 is 2.05 bits per heavy atom. The van der Waals surface area contributed by atoms with E-state index in [1.54, 1.807) is 0 Å². The van der Waals surface area contributed by atoms with Crippen molar-refractivity contribution in [2.75, 3.05) is 24.2 Å². The summed E-state index contributed by atoms with van der Waals surface area (Å²) in [5, 5.41) is 17.1. The Bertz CT molecular complexity index is 464. The quantitative estimate of drug-likeness (QED) is 0.586. The molecule has 1 rings (SSSR count). The molecule has 7 nitrogen and oxygen atoms in total. The van der Waals surface area contributed by atoms with Crippen LogP contribution in [0, 0.1) is 0 Å². The summed E-state index contributed by atoms with van der Waals surface area (Å²) in [6.07, 6.45) is 1.02. The number of amides is 2. The molecule has 0 saturated carbocycles. The van der Waals surface area contributed by atoms with Gasteiger partial charge in [0.1, 0.15) is 0 Å². The molecule has 2 amide bonds. The predicted molar refractivity (Wildman–Crippen MR) is 85.7 cm³/mol. The van der Waals surface area contributed by atoms with Gasteiger partial charge in [-0.3, -0.25) is 9.59 Å². The molecule has 0 unspecified atom stereocenters. The van der Waals surface area contributed by atoms with Gasteiger partial charge in [0, 0.05) is 12.6 Å². The lowest BCUT2D eigenvalue weighted by Crippen LogP contribution is -2.40. The molecule has 21 heavy (non-hydrogen) atoms. The van der Waals surface area contributed by atoms with Crippen molar-refractivity contribution in [1.82, 2.24) is 20.8 Å². The summed E-state index contributed by atoms with van der Waals surface area (Å²) in [5.41, 5.74) is 0. The zero-order valence-corrected chi connectivity index (χ0v) is 14.1. The number of nitrogens with zero attached hydrogens (tertiary/aromatic N) is 2. The predicted octanol–water partition coefficient (Wildman–Crippen LogP) is 1.09. The number of aromatic nitrogens is 2. The number of hydrogen-bond acceptors (Lipinski definition) is 7. The number of anilines is 1. The lowest BCUT2D eigenvalue weighted by Gasteiger charge is -2.08. The van der Waals surface area contributed by atoms with E-state index in [4.69, 9.17) is 0 Å². The fraction of sp³-hybridized carbons (Fsp3) is 0.667. The van der Waals surface area contributed by atoms with Crippen molar-refractivity contribution < 1.29 is 9.59 Å². The van der Waals surface area contributed by atoms with Gasteiger partial charge in [0.2, 0.25) is 16.9 Å². The smallest absolute Gasteiger partial charge is 0.239 e. The number of nitrogens with one attached hydrogen (secondary N) is 3. The maximum absolute atomic E-state index is 11.6. The summed E-state index contributed by atoms with van der Waals surface area (Å²) in [7, 11) is 0. The van der Waals surface area contributed by atoms with Crippen molar-refractivity contribution >= 4 is 40.0 Å². The van der Waals surface area contributed by atoms with E-state index in [0.29, 0.717) is 0 Å². The third-order valence-corrected chi connectivity index (χ3v) is 4.17. The molecular weight excluding hydrogens is 310 g/mol. The minimum absolute atomic E-state index is 0.00298. The molecule has 0 radical (unpaired) electrons. The largest absolute Gasteiger partial charge is 0.360 e. The Labute approximate surface area is 132 Å². The first-order valence-electron chi connectivity index (χ1n) is 6.77. The van der Waals surface area contributed by atoms with Crippen molar-refractivity contribution in [3.05, 3.63) is 0 Å². The topological polar surface area (TPSA) is 96.0 Å². The Morgan fingerprint density at radius 3 is 2.71 bits per heavy atom. The highest BCUT2D eigenvalue weighted by molar-refractivity contribution is 8.01. The van der Waals surface area contributed by atoms with Crippen molar-refractivity contribution in [1.29, 1.82) is 0 Å². The molecule has 0 aliphatic rings. The zero-order chi connectivity index (χ0) is 15.7. The minimum atomic E-state index is -0.197. The maximum atomic E-state index is 11.6. The molecule has 1 aromatic rings. The molecule has 0 fully saturated rings. The standard InChI is InChI=1S/C12H21N5O2S2/c1-4-5-13-11-16-17-12(21-11)20-7-10(19)14-6-9(18)15-8(2)3/h8H,4-7H2,1-3H3,(H,13,16)(H,14,19)(H,15,18). The fourth-order valence-electron chi connectivity index (χ4n) is 1.30. The first-order chi connectivity index (χ1) is 10.0. The molecule has 0 aliphatic carbocycles. The third kappa shape index (κ3) is 7.86. The molecular formula is C12H21N5O2S2. The van der Waals surface area contributed by atoms with Crippen molar-refractivity contribution in [2.24, 2.45) is 0 Å². The lowest BCUT2D eigenvalue weighted by molar-refractivity contribution is -0.125. The molecule has 1 aromatic heterocycles. The minimum Gasteiger partial charge on any atom is -0.360 e. The Balaban J connectivity index is 2.23. The summed E-state index contributed by atoms with van der Waals surface area (Å²) in [5.74, 6) is -0.167. The average Bonchev–Trinajstić information content (AvgIpc) is 2.88. The lowest BCUT2D eigenvalue weighted by atomic mass is 10.4. The summed E-state index contributed by atoms with van der Waals surface area (Å²) in [6.45, 7) is 6.66. The van der Waals surface area contributed by atoms with Crippen molar-refractivity contribution in [3.63, 3.8) is 0 Å². The second-order valence-electron chi connectivity index (χ2n) is 4.59. The van der Waals surface area contributed by atoms with E-state index in [-0.39, 0.29) is 30.2 Å². The van der Waals surface area contributed by atoms with Gasteiger partial charge in [-0.1, -0.05) is 30.0 Å². The molecule has 1 heterocycles. The van der Waals surface area contributed by atoms with Crippen LogP contribution < -0.4 is 16.0 Å². The van der Waals surface area contributed by atoms with Gasteiger partial charge in [-0.25, -0.2) is 0 Å².